The van der Waals surface area contributed by atoms with Gasteiger partial charge in [0.05, 0.1) is 4.92 Å². The first kappa shape index (κ1) is 12.2. The van der Waals surface area contributed by atoms with E-state index in [1.165, 1.54) is 12.1 Å². The third-order valence-electron chi connectivity index (χ3n) is 2.95. The van der Waals surface area contributed by atoms with Crippen molar-refractivity contribution < 1.29 is 13.9 Å². The maximum absolute atomic E-state index is 13.2. The highest BCUT2D eigenvalue weighted by molar-refractivity contribution is 5.85. The SMILES string of the molecule is O=[N+]([O-])c1c(Cc2cccc(F)c2)ccc2nonc12. The topological polar surface area (TPSA) is 82.1 Å². The first-order valence-corrected chi connectivity index (χ1v) is 5.78. The Morgan fingerprint density at radius 2 is 2.10 bits per heavy atom. The highest BCUT2D eigenvalue weighted by Crippen LogP contribution is 2.29. The molecule has 0 fully saturated rings. The molecule has 3 aromatic rings. The Kier molecular flexibility index (Phi) is 2.86. The van der Waals surface area contributed by atoms with E-state index in [9.17, 15) is 14.5 Å². The summed E-state index contributed by atoms with van der Waals surface area (Å²) in [6, 6.07) is 9.10. The molecule has 1 heterocycles. The zero-order chi connectivity index (χ0) is 14.1. The van der Waals surface area contributed by atoms with Crippen LogP contribution in [-0.2, 0) is 6.42 Å². The normalized spacial score (nSPS) is 10.8. The number of nitro benzene ring substituents is 1. The first-order valence-electron chi connectivity index (χ1n) is 5.78. The molecular formula is C13H8FN3O3. The minimum atomic E-state index is -0.527. The second-order valence-corrected chi connectivity index (χ2v) is 4.27. The van der Waals surface area contributed by atoms with Crippen molar-refractivity contribution in [2.75, 3.05) is 0 Å². The molecular weight excluding hydrogens is 265 g/mol. The molecule has 0 unspecified atom stereocenters. The fraction of sp³-hybridized carbons (Fsp3) is 0.0769. The van der Waals surface area contributed by atoms with Crippen LogP contribution in [0.25, 0.3) is 11.0 Å². The standard InChI is InChI=1S/C13H8FN3O3/c14-10-3-1-2-8(7-10)6-9-4-5-11-12(16-20-15-11)13(9)17(18)19/h1-5,7H,6H2. The second kappa shape index (κ2) is 4.69. The molecule has 0 radical (unpaired) electrons. The quantitative estimate of drug-likeness (QED) is 0.541. The van der Waals surface area contributed by atoms with Crippen LogP contribution < -0.4 is 0 Å². The van der Waals surface area contributed by atoms with Gasteiger partial charge in [0.15, 0.2) is 0 Å². The van der Waals surface area contributed by atoms with Crippen LogP contribution in [0.4, 0.5) is 10.1 Å². The summed E-state index contributed by atoms with van der Waals surface area (Å²) in [7, 11) is 0. The van der Waals surface area contributed by atoms with Gasteiger partial charge in [-0.1, -0.05) is 12.1 Å². The van der Waals surface area contributed by atoms with Crippen molar-refractivity contribution in [2.45, 2.75) is 6.42 Å². The van der Waals surface area contributed by atoms with Gasteiger partial charge < -0.3 is 0 Å². The fourth-order valence-corrected chi connectivity index (χ4v) is 2.09. The van der Waals surface area contributed by atoms with Crippen molar-refractivity contribution in [3.63, 3.8) is 0 Å². The number of hydrogen-bond donors (Lipinski definition) is 0. The highest BCUT2D eigenvalue weighted by Gasteiger charge is 2.22. The van der Waals surface area contributed by atoms with Gasteiger partial charge in [0.25, 0.3) is 0 Å². The Balaban J connectivity index is 2.11. The van der Waals surface area contributed by atoms with Gasteiger partial charge in [-0.25, -0.2) is 9.02 Å². The van der Waals surface area contributed by atoms with Crippen LogP contribution in [0.2, 0.25) is 0 Å². The summed E-state index contributed by atoms with van der Waals surface area (Å²) in [5, 5.41) is 18.3. The number of nitrogens with zero attached hydrogens (tertiary/aromatic N) is 3. The number of aromatic nitrogens is 2. The van der Waals surface area contributed by atoms with Crippen LogP contribution in [0, 0.1) is 15.9 Å². The van der Waals surface area contributed by atoms with Crippen LogP contribution in [0.5, 0.6) is 0 Å². The minimum Gasteiger partial charge on any atom is -0.258 e. The van der Waals surface area contributed by atoms with Crippen LogP contribution in [-0.4, -0.2) is 15.2 Å². The van der Waals surface area contributed by atoms with Crippen LogP contribution in [0.15, 0.2) is 41.0 Å². The van der Waals surface area contributed by atoms with Crippen molar-refractivity contribution in [1.82, 2.24) is 10.3 Å². The lowest BCUT2D eigenvalue weighted by atomic mass is 10.0. The van der Waals surface area contributed by atoms with Crippen molar-refractivity contribution in [1.29, 1.82) is 0 Å². The molecule has 0 N–H and O–H groups in total. The minimum absolute atomic E-state index is 0.101. The molecule has 0 spiro atoms. The van der Waals surface area contributed by atoms with Crippen LogP contribution in [0.1, 0.15) is 11.1 Å². The average molecular weight is 273 g/mol. The summed E-state index contributed by atoms with van der Waals surface area (Å²) >= 11 is 0. The average Bonchev–Trinajstić information content (AvgIpc) is 2.86. The molecule has 0 aliphatic heterocycles. The maximum atomic E-state index is 13.2. The Hall–Kier alpha value is -2.83. The Morgan fingerprint density at radius 1 is 1.25 bits per heavy atom. The number of fused-ring (bicyclic) bond motifs is 1. The lowest BCUT2D eigenvalue weighted by molar-refractivity contribution is -0.383. The molecule has 2 aromatic carbocycles. The summed E-state index contributed by atoms with van der Waals surface area (Å²) in [4.78, 5) is 10.7. The molecule has 100 valence electrons. The van der Waals surface area contributed by atoms with E-state index in [1.54, 1.807) is 24.3 Å². The van der Waals surface area contributed by atoms with Crippen molar-refractivity contribution in [3.05, 3.63) is 63.5 Å². The van der Waals surface area contributed by atoms with E-state index in [-0.39, 0.29) is 23.4 Å². The summed E-state index contributed by atoms with van der Waals surface area (Å²) in [5.74, 6) is -0.380. The summed E-state index contributed by atoms with van der Waals surface area (Å²) in [6.45, 7) is 0. The van der Waals surface area contributed by atoms with Crippen molar-refractivity contribution in [2.24, 2.45) is 0 Å². The molecule has 0 amide bonds. The predicted octanol–water partition coefficient (Wildman–Crippen LogP) is 2.86. The molecule has 3 rings (SSSR count). The highest BCUT2D eigenvalue weighted by atomic mass is 19.1. The van der Waals surface area contributed by atoms with Gasteiger partial charge >= 0.3 is 5.69 Å². The van der Waals surface area contributed by atoms with Gasteiger partial charge in [0.2, 0.25) is 5.52 Å². The van der Waals surface area contributed by atoms with Crippen LogP contribution >= 0.6 is 0 Å². The molecule has 0 saturated heterocycles. The molecule has 7 heteroatoms. The van der Waals surface area contributed by atoms with Gasteiger partial charge in [-0.2, -0.15) is 0 Å². The van der Waals surface area contributed by atoms with Crippen LogP contribution in [0.3, 0.4) is 0 Å². The lowest BCUT2D eigenvalue weighted by Gasteiger charge is -2.03. The number of hydrogen-bond acceptors (Lipinski definition) is 5. The number of rotatable bonds is 3. The molecule has 0 atom stereocenters. The monoisotopic (exact) mass is 273 g/mol. The van der Waals surface area contributed by atoms with E-state index in [1.807, 2.05) is 0 Å². The van der Waals surface area contributed by atoms with E-state index in [0.717, 1.165) is 0 Å². The summed E-state index contributed by atoms with van der Waals surface area (Å²) < 4.78 is 17.7. The third-order valence-corrected chi connectivity index (χ3v) is 2.95. The molecule has 0 bridgehead atoms. The van der Waals surface area contributed by atoms with Crippen molar-refractivity contribution in [3.8, 4) is 0 Å². The largest absolute Gasteiger partial charge is 0.304 e. The molecule has 1 aromatic heterocycles. The predicted molar refractivity (Wildman–Crippen MR) is 67.7 cm³/mol. The van der Waals surface area contributed by atoms with E-state index in [2.05, 4.69) is 14.9 Å². The number of nitro groups is 1. The van der Waals surface area contributed by atoms with E-state index >= 15 is 0 Å². The number of benzene rings is 2. The van der Waals surface area contributed by atoms with Gasteiger partial charge in [-0.3, -0.25) is 10.1 Å². The Bertz CT molecular complexity index is 800. The molecule has 20 heavy (non-hydrogen) atoms. The van der Waals surface area contributed by atoms with E-state index in [0.29, 0.717) is 16.6 Å². The molecule has 0 saturated carbocycles. The second-order valence-electron chi connectivity index (χ2n) is 4.27. The Labute approximate surface area is 111 Å². The van der Waals surface area contributed by atoms with Gasteiger partial charge in [-0.05, 0) is 40.1 Å². The maximum Gasteiger partial charge on any atom is 0.304 e. The Morgan fingerprint density at radius 3 is 2.85 bits per heavy atom. The lowest BCUT2D eigenvalue weighted by Crippen LogP contribution is -1.98. The zero-order valence-corrected chi connectivity index (χ0v) is 10.1. The van der Waals surface area contributed by atoms with Gasteiger partial charge in [0.1, 0.15) is 11.3 Å². The van der Waals surface area contributed by atoms with E-state index in [4.69, 9.17) is 0 Å². The van der Waals surface area contributed by atoms with Gasteiger partial charge in [0, 0.05) is 12.0 Å². The first-order chi connectivity index (χ1) is 9.65. The van der Waals surface area contributed by atoms with E-state index < -0.39 is 4.92 Å². The van der Waals surface area contributed by atoms with Crippen molar-refractivity contribution >= 4 is 16.7 Å². The molecule has 0 aliphatic rings. The third kappa shape index (κ3) is 2.09. The fourth-order valence-electron chi connectivity index (χ4n) is 2.09. The van der Waals surface area contributed by atoms with Gasteiger partial charge in [-0.15, -0.1) is 0 Å². The summed E-state index contributed by atoms with van der Waals surface area (Å²) in [5.41, 5.74) is 1.34. The number of halogens is 1. The molecule has 6 nitrogen and oxygen atoms in total. The molecule has 0 aliphatic carbocycles. The zero-order valence-electron chi connectivity index (χ0n) is 10.1. The summed E-state index contributed by atoms with van der Waals surface area (Å²) in [6.07, 6.45) is 0.233. The smallest absolute Gasteiger partial charge is 0.258 e.